The first-order valence-corrected chi connectivity index (χ1v) is 5.95. The van der Waals surface area contributed by atoms with Crippen LogP contribution in [-0.2, 0) is 10.2 Å². The lowest BCUT2D eigenvalue weighted by Gasteiger charge is -2.07. The molecule has 0 amide bonds. The first-order valence-electron chi connectivity index (χ1n) is 4.51. The Morgan fingerprint density at radius 3 is 2.27 bits per heavy atom. The van der Waals surface area contributed by atoms with Crippen LogP contribution < -0.4 is 0 Å². The quantitative estimate of drug-likeness (QED) is 0.729. The summed E-state index contributed by atoms with van der Waals surface area (Å²) in [5.41, 5.74) is 3.91. The van der Waals surface area contributed by atoms with Gasteiger partial charge in [0.05, 0.1) is 5.41 Å². The Bertz CT molecular complexity index is 502. The van der Waals surface area contributed by atoms with E-state index in [1.807, 2.05) is 26.8 Å². The zero-order valence-corrected chi connectivity index (χ0v) is 9.73. The van der Waals surface area contributed by atoms with Gasteiger partial charge in [-0.2, -0.15) is 8.42 Å². The standard InChI is InChI=1S/C11H13FO2S/c1-8-4-5-11(10(3)9(8)2)6-7-15(12,13)14/h4-7H,1-3H3. The van der Waals surface area contributed by atoms with Crippen molar-refractivity contribution in [3.8, 4) is 0 Å². The molecule has 0 fully saturated rings. The van der Waals surface area contributed by atoms with E-state index in [0.29, 0.717) is 5.41 Å². The minimum atomic E-state index is -4.54. The molecule has 0 radical (unpaired) electrons. The molecule has 1 aromatic carbocycles. The summed E-state index contributed by atoms with van der Waals surface area (Å²) in [5.74, 6) is 0. The van der Waals surface area contributed by atoms with Crippen molar-refractivity contribution in [2.45, 2.75) is 20.8 Å². The Morgan fingerprint density at radius 1 is 1.13 bits per heavy atom. The fourth-order valence-corrected chi connectivity index (χ4v) is 1.62. The van der Waals surface area contributed by atoms with Crippen LogP contribution in [0.15, 0.2) is 17.5 Å². The second-order valence-electron chi connectivity index (χ2n) is 3.50. The predicted molar refractivity (Wildman–Crippen MR) is 59.7 cm³/mol. The van der Waals surface area contributed by atoms with Gasteiger partial charge < -0.3 is 0 Å². The number of hydrogen-bond acceptors (Lipinski definition) is 2. The van der Waals surface area contributed by atoms with Crippen LogP contribution in [0.4, 0.5) is 3.89 Å². The second-order valence-corrected chi connectivity index (χ2v) is 4.72. The number of halogens is 1. The molecule has 1 rings (SSSR count). The predicted octanol–water partition coefficient (Wildman–Crippen LogP) is 2.88. The van der Waals surface area contributed by atoms with E-state index in [4.69, 9.17) is 0 Å². The van der Waals surface area contributed by atoms with Crippen LogP contribution in [-0.4, -0.2) is 8.42 Å². The fraction of sp³-hybridized carbons (Fsp3) is 0.273. The lowest BCUT2D eigenvalue weighted by Crippen LogP contribution is -1.90. The van der Waals surface area contributed by atoms with Crippen LogP contribution >= 0.6 is 0 Å². The minimum absolute atomic E-state index is 0.574. The van der Waals surface area contributed by atoms with E-state index >= 15 is 0 Å². The lowest BCUT2D eigenvalue weighted by atomic mass is 9.99. The molecule has 2 nitrogen and oxygen atoms in total. The summed E-state index contributed by atoms with van der Waals surface area (Å²) in [4.78, 5) is 0. The monoisotopic (exact) mass is 228 g/mol. The summed E-state index contributed by atoms with van der Waals surface area (Å²) in [7, 11) is -4.54. The Balaban J connectivity index is 3.19. The average molecular weight is 228 g/mol. The third-order valence-electron chi connectivity index (χ3n) is 2.51. The van der Waals surface area contributed by atoms with Crippen LogP contribution in [0.3, 0.4) is 0 Å². The van der Waals surface area contributed by atoms with E-state index in [0.717, 1.165) is 22.3 Å². The summed E-state index contributed by atoms with van der Waals surface area (Å²) >= 11 is 0. The summed E-state index contributed by atoms with van der Waals surface area (Å²) in [6, 6.07) is 3.66. The van der Waals surface area contributed by atoms with Crippen molar-refractivity contribution in [2.24, 2.45) is 0 Å². The van der Waals surface area contributed by atoms with Crippen molar-refractivity contribution in [1.82, 2.24) is 0 Å². The van der Waals surface area contributed by atoms with Crippen molar-refractivity contribution in [1.29, 1.82) is 0 Å². The molecule has 0 heterocycles. The highest BCUT2D eigenvalue weighted by molar-refractivity contribution is 7.89. The van der Waals surface area contributed by atoms with E-state index in [1.54, 1.807) is 6.07 Å². The molecule has 0 atom stereocenters. The first kappa shape index (κ1) is 11.9. The third kappa shape index (κ3) is 3.16. The minimum Gasteiger partial charge on any atom is -0.190 e. The van der Waals surface area contributed by atoms with Gasteiger partial charge in [-0.3, -0.25) is 0 Å². The maximum absolute atomic E-state index is 12.3. The molecule has 15 heavy (non-hydrogen) atoms. The summed E-state index contributed by atoms with van der Waals surface area (Å²) in [6.07, 6.45) is 1.27. The average Bonchev–Trinajstić information content (AvgIpc) is 2.12. The highest BCUT2D eigenvalue weighted by atomic mass is 32.3. The molecule has 1 aromatic rings. The summed E-state index contributed by atoms with van der Waals surface area (Å²) in [5, 5.41) is 0.574. The summed E-state index contributed by atoms with van der Waals surface area (Å²) in [6.45, 7) is 5.81. The van der Waals surface area contributed by atoms with Crippen LogP contribution in [0.25, 0.3) is 6.08 Å². The molecule has 0 aliphatic heterocycles. The highest BCUT2D eigenvalue weighted by Gasteiger charge is 2.03. The van der Waals surface area contributed by atoms with E-state index in [-0.39, 0.29) is 0 Å². The van der Waals surface area contributed by atoms with Gasteiger partial charge in [0, 0.05) is 0 Å². The van der Waals surface area contributed by atoms with Gasteiger partial charge >= 0.3 is 10.2 Å². The number of hydrogen-bond donors (Lipinski definition) is 0. The zero-order valence-electron chi connectivity index (χ0n) is 8.91. The summed E-state index contributed by atoms with van der Waals surface area (Å²) < 4.78 is 32.9. The SMILES string of the molecule is Cc1ccc(C=CS(=O)(=O)F)c(C)c1C. The topological polar surface area (TPSA) is 34.1 Å². The molecule has 0 aromatic heterocycles. The van der Waals surface area contributed by atoms with Crippen molar-refractivity contribution in [3.63, 3.8) is 0 Å². The Hall–Kier alpha value is -1.16. The van der Waals surface area contributed by atoms with Gasteiger partial charge in [0.25, 0.3) is 0 Å². The Morgan fingerprint density at radius 2 is 1.73 bits per heavy atom. The first-order chi connectivity index (χ1) is 6.81. The van der Waals surface area contributed by atoms with Gasteiger partial charge in [0.2, 0.25) is 0 Å². The van der Waals surface area contributed by atoms with E-state index in [2.05, 4.69) is 0 Å². The maximum atomic E-state index is 12.3. The van der Waals surface area contributed by atoms with E-state index < -0.39 is 10.2 Å². The van der Waals surface area contributed by atoms with Gasteiger partial charge in [-0.1, -0.05) is 12.1 Å². The van der Waals surface area contributed by atoms with Crippen molar-refractivity contribution < 1.29 is 12.3 Å². The van der Waals surface area contributed by atoms with Crippen LogP contribution in [0.2, 0.25) is 0 Å². The molecule has 0 spiro atoms. The molecular formula is C11H13FO2S. The highest BCUT2D eigenvalue weighted by Crippen LogP contribution is 2.18. The maximum Gasteiger partial charge on any atom is 0.325 e. The normalized spacial score (nSPS) is 12.3. The van der Waals surface area contributed by atoms with E-state index in [9.17, 15) is 12.3 Å². The number of benzene rings is 1. The smallest absolute Gasteiger partial charge is 0.190 e. The van der Waals surface area contributed by atoms with Crippen molar-refractivity contribution >= 4 is 16.3 Å². The van der Waals surface area contributed by atoms with Crippen LogP contribution in [0.5, 0.6) is 0 Å². The molecule has 0 aliphatic rings. The van der Waals surface area contributed by atoms with Gasteiger partial charge in [-0.25, -0.2) is 0 Å². The molecule has 4 heteroatoms. The van der Waals surface area contributed by atoms with Gasteiger partial charge in [0.1, 0.15) is 0 Å². The second kappa shape index (κ2) is 4.14. The van der Waals surface area contributed by atoms with Crippen LogP contribution in [0, 0.1) is 20.8 Å². The van der Waals surface area contributed by atoms with Crippen molar-refractivity contribution in [3.05, 3.63) is 39.8 Å². The molecule has 0 saturated carbocycles. The molecule has 0 unspecified atom stereocenters. The number of rotatable bonds is 2. The molecule has 82 valence electrons. The molecular weight excluding hydrogens is 215 g/mol. The van der Waals surface area contributed by atoms with Crippen LogP contribution in [0.1, 0.15) is 22.3 Å². The van der Waals surface area contributed by atoms with Gasteiger partial charge in [-0.15, -0.1) is 3.89 Å². The Labute approximate surface area is 89.7 Å². The molecule has 0 aliphatic carbocycles. The third-order valence-corrected chi connectivity index (χ3v) is 2.97. The van der Waals surface area contributed by atoms with Crippen molar-refractivity contribution in [2.75, 3.05) is 0 Å². The largest absolute Gasteiger partial charge is 0.325 e. The lowest BCUT2D eigenvalue weighted by molar-refractivity contribution is 0.563. The van der Waals surface area contributed by atoms with E-state index in [1.165, 1.54) is 6.08 Å². The fourth-order valence-electron chi connectivity index (χ4n) is 1.31. The van der Waals surface area contributed by atoms with Gasteiger partial charge in [-0.05, 0) is 49.1 Å². The Kier molecular flexibility index (Phi) is 3.29. The molecule has 0 saturated heterocycles. The zero-order chi connectivity index (χ0) is 11.6. The number of aryl methyl sites for hydroxylation is 1. The molecule has 0 N–H and O–H groups in total. The molecule has 0 bridgehead atoms. The van der Waals surface area contributed by atoms with Gasteiger partial charge in [0.15, 0.2) is 0 Å².